The lowest BCUT2D eigenvalue weighted by atomic mass is 9.92. The zero-order chi connectivity index (χ0) is 16.0. The van der Waals surface area contributed by atoms with Gasteiger partial charge in [-0.1, -0.05) is 25.7 Å². The van der Waals surface area contributed by atoms with Gasteiger partial charge in [-0.05, 0) is 47.0 Å². The molecule has 1 aromatic rings. The topological polar surface area (TPSA) is 62.1 Å². The fourth-order valence-electron chi connectivity index (χ4n) is 2.64. The van der Waals surface area contributed by atoms with E-state index in [0.29, 0.717) is 23.1 Å². The summed E-state index contributed by atoms with van der Waals surface area (Å²) in [7, 11) is 0. The highest BCUT2D eigenvalue weighted by Crippen LogP contribution is 2.27. The van der Waals surface area contributed by atoms with E-state index in [1.54, 1.807) is 0 Å². The van der Waals surface area contributed by atoms with Crippen LogP contribution in [0.4, 0.5) is 4.39 Å². The largest absolute Gasteiger partial charge is 0.483 e. The highest BCUT2D eigenvalue weighted by molar-refractivity contribution is 9.10. The van der Waals surface area contributed by atoms with Gasteiger partial charge in [0.15, 0.2) is 6.61 Å². The molecule has 1 saturated carbocycles. The van der Waals surface area contributed by atoms with Crippen molar-refractivity contribution in [2.45, 2.75) is 44.1 Å². The highest BCUT2D eigenvalue weighted by atomic mass is 79.9. The molecule has 0 heterocycles. The first-order valence-electron chi connectivity index (χ1n) is 7.35. The van der Waals surface area contributed by atoms with Crippen molar-refractivity contribution in [2.75, 3.05) is 6.61 Å². The summed E-state index contributed by atoms with van der Waals surface area (Å²) in [6, 6.07) is 6.25. The number of carbonyl (C=O) groups excluding carboxylic acids is 1. The van der Waals surface area contributed by atoms with Gasteiger partial charge in [0.25, 0.3) is 5.91 Å². The van der Waals surface area contributed by atoms with Gasteiger partial charge in [-0.3, -0.25) is 4.79 Å². The van der Waals surface area contributed by atoms with Crippen LogP contribution in [-0.4, -0.2) is 18.1 Å². The summed E-state index contributed by atoms with van der Waals surface area (Å²) < 4.78 is 18.8. The van der Waals surface area contributed by atoms with E-state index in [-0.39, 0.29) is 18.3 Å². The lowest BCUT2D eigenvalue weighted by Crippen LogP contribution is -2.48. The van der Waals surface area contributed by atoms with Gasteiger partial charge in [0.1, 0.15) is 17.1 Å². The number of nitrogens with zero attached hydrogens (tertiary/aromatic N) is 1. The van der Waals surface area contributed by atoms with Crippen molar-refractivity contribution in [1.29, 1.82) is 5.26 Å². The van der Waals surface area contributed by atoms with Gasteiger partial charge in [-0.15, -0.1) is 0 Å². The highest BCUT2D eigenvalue weighted by Gasteiger charge is 2.32. The molecule has 1 aliphatic carbocycles. The van der Waals surface area contributed by atoms with Gasteiger partial charge in [0.2, 0.25) is 0 Å². The van der Waals surface area contributed by atoms with E-state index in [9.17, 15) is 14.4 Å². The van der Waals surface area contributed by atoms with E-state index in [1.165, 1.54) is 18.2 Å². The lowest BCUT2D eigenvalue weighted by molar-refractivity contribution is -0.124. The molecule has 1 amide bonds. The second-order valence-corrected chi connectivity index (χ2v) is 6.37. The maximum absolute atomic E-state index is 13.0. The quantitative estimate of drug-likeness (QED) is 0.824. The number of nitriles is 1. The molecule has 2 rings (SSSR count). The summed E-state index contributed by atoms with van der Waals surface area (Å²) in [6.45, 7) is -0.201. The van der Waals surface area contributed by atoms with Crippen LogP contribution in [0.25, 0.3) is 0 Å². The zero-order valence-corrected chi connectivity index (χ0v) is 13.8. The van der Waals surface area contributed by atoms with Crippen molar-refractivity contribution >= 4 is 21.8 Å². The van der Waals surface area contributed by atoms with Crippen LogP contribution in [0, 0.1) is 17.1 Å². The van der Waals surface area contributed by atoms with Crippen LogP contribution in [-0.2, 0) is 4.79 Å². The van der Waals surface area contributed by atoms with Gasteiger partial charge in [-0.2, -0.15) is 5.26 Å². The van der Waals surface area contributed by atoms with Crippen molar-refractivity contribution in [2.24, 2.45) is 0 Å². The maximum atomic E-state index is 13.0. The Kier molecular flexibility index (Phi) is 5.78. The normalized spacial score (nSPS) is 17.1. The summed E-state index contributed by atoms with van der Waals surface area (Å²) in [5.41, 5.74) is -0.781. The zero-order valence-electron chi connectivity index (χ0n) is 12.2. The van der Waals surface area contributed by atoms with Gasteiger partial charge in [0, 0.05) is 0 Å². The Labute approximate surface area is 137 Å². The Morgan fingerprint density at radius 3 is 2.64 bits per heavy atom. The smallest absolute Gasteiger partial charge is 0.259 e. The van der Waals surface area contributed by atoms with Crippen LogP contribution < -0.4 is 10.1 Å². The molecule has 1 aromatic carbocycles. The number of nitrogens with one attached hydrogen (secondary N) is 1. The number of hydrogen-bond acceptors (Lipinski definition) is 3. The van der Waals surface area contributed by atoms with E-state index < -0.39 is 5.54 Å². The minimum Gasteiger partial charge on any atom is -0.483 e. The van der Waals surface area contributed by atoms with Crippen molar-refractivity contribution in [1.82, 2.24) is 5.32 Å². The van der Waals surface area contributed by atoms with Crippen LogP contribution in [0.5, 0.6) is 5.75 Å². The molecular weight excluding hydrogens is 351 g/mol. The fraction of sp³-hybridized carbons (Fsp3) is 0.500. The molecule has 6 heteroatoms. The molecular formula is C16H18BrFN2O2. The number of amides is 1. The number of carbonyl (C=O) groups is 1. The van der Waals surface area contributed by atoms with E-state index >= 15 is 0 Å². The van der Waals surface area contributed by atoms with Crippen LogP contribution >= 0.6 is 15.9 Å². The molecule has 0 unspecified atom stereocenters. The number of benzene rings is 1. The minimum atomic E-state index is -0.781. The van der Waals surface area contributed by atoms with Gasteiger partial charge in [-0.25, -0.2) is 4.39 Å². The fourth-order valence-corrected chi connectivity index (χ4v) is 3.10. The van der Waals surface area contributed by atoms with E-state index in [2.05, 4.69) is 27.3 Å². The molecule has 0 radical (unpaired) electrons. The van der Waals surface area contributed by atoms with Crippen molar-refractivity contribution < 1.29 is 13.9 Å². The summed E-state index contributed by atoms with van der Waals surface area (Å²) in [5.74, 6) is -0.325. The van der Waals surface area contributed by atoms with E-state index in [0.717, 1.165) is 25.7 Å². The molecule has 118 valence electrons. The molecule has 1 N–H and O–H groups in total. The summed E-state index contributed by atoms with van der Waals surface area (Å²) in [4.78, 5) is 12.1. The Morgan fingerprint density at radius 1 is 1.36 bits per heavy atom. The molecule has 0 aliphatic heterocycles. The molecule has 0 atom stereocenters. The lowest BCUT2D eigenvalue weighted by Gasteiger charge is -2.26. The number of rotatable bonds is 4. The molecule has 0 spiro atoms. The Morgan fingerprint density at radius 2 is 2.05 bits per heavy atom. The van der Waals surface area contributed by atoms with Crippen molar-refractivity contribution in [3.63, 3.8) is 0 Å². The number of hydrogen-bond donors (Lipinski definition) is 1. The second-order valence-electron chi connectivity index (χ2n) is 5.52. The van der Waals surface area contributed by atoms with Crippen LogP contribution in [0.1, 0.15) is 38.5 Å². The monoisotopic (exact) mass is 368 g/mol. The third-order valence-electron chi connectivity index (χ3n) is 3.80. The van der Waals surface area contributed by atoms with E-state index in [4.69, 9.17) is 4.74 Å². The third-order valence-corrected chi connectivity index (χ3v) is 4.42. The molecule has 0 saturated heterocycles. The first-order valence-corrected chi connectivity index (χ1v) is 8.14. The SMILES string of the molecule is N#CC1(NC(=O)COc2ccc(F)cc2Br)CCCCCC1. The number of halogens is 2. The first-order chi connectivity index (χ1) is 10.5. The first kappa shape index (κ1) is 16.8. The number of ether oxygens (including phenoxy) is 1. The van der Waals surface area contributed by atoms with Crippen molar-refractivity contribution in [3.8, 4) is 11.8 Å². The van der Waals surface area contributed by atoms with Crippen molar-refractivity contribution in [3.05, 3.63) is 28.5 Å². The Bertz CT molecular complexity index is 578. The van der Waals surface area contributed by atoms with Gasteiger partial charge in [0.05, 0.1) is 10.5 Å². The maximum Gasteiger partial charge on any atom is 0.259 e. The molecule has 0 bridgehead atoms. The summed E-state index contributed by atoms with van der Waals surface area (Å²) in [6.07, 6.45) is 5.43. The molecule has 1 fully saturated rings. The average Bonchev–Trinajstić information content (AvgIpc) is 2.72. The summed E-state index contributed by atoms with van der Waals surface area (Å²) in [5, 5.41) is 12.2. The predicted octanol–water partition coefficient (Wildman–Crippen LogP) is 3.70. The van der Waals surface area contributed by atoms with Gasteiger partial charge >= 0.3 is 0 Å². The third kappa shape index (κ3) is 4.44. The van der Waals surface area contributed by atoms with Crippen LogP contribution in [0.15, 0.2) is 22.7 Å². The van der Waals surface area contributed by atoms with E-state index in [1.807, 2.05) is 0 Å². The molecule has 4 nitrogen and oxygen atoms in total. The second kappa shape index (κ2) is 7.59. The average molecular weight is 369 g/mol. The Balaban J connectivity index is 1.93. The standard InChI is InChI=1S/C16H18BrFN2O2/c17-13-9-12(18)5-6-14(13)22-10-15(21)20-16(11-19)7-3-1-2-4-8-16/h5-6,9H,1-4,7-8,10H2,(H,20,21). The van der Waals surface area contributed by atoms with Crippen LogP contribution in [0.3, 0.4) is 0 Å². The molecule has 1 aliphatic rings. The Hall–Kier alpha value is -1.61. The minimum absolute atomic E-state index is 0.201. The molecule has 22 heavy (non-hydrogen) atoms. The summed E-state index contributed by atoms with van der Waals surface area (Å²) >= 11 is 3.18. The van der Waals surface area contributed by atoms with Crippen LogP contribution in [0.2, 0.25) is 0 Å². The van der Waals surface area contributed by atoms with Gasteiger partial charge < -0.3 is 10.1 Å². The molecule has 0 aromatic heterocycles. The predicted molar refractivity (Wildman–Crippen MR) is 83.8 cm³/mol.